The molecule has 0 aliphatic carbocycles. The van der Waals surface area contributed by atoms with E-state index < -0.39 is 15.2 Å². The summed E-state index contributed by atoms with van der Waals surface area (Å²) in [5.74, 6) is 0. The van der Waals surface area contributed by atoms with Gasteiger partial charge in [-0.25, -0.2) is 0 Å². The van der Waals surface area contributed by atoms with Crippen molar-refractivity contribution >= 4 is 36.6 Å². The molecule has 0 aliphatic heterocycles. The Hall–Kier alpha value is -2.56. The van der Waals surface area contributed by atoms with Gasteiger partial charge in [-0.2, -0.15) is 0 Å². The predicted octanol–water partition coefficient (Wildman–Crippen LogP) is 8.10. The van der Waals surface area contributed by atoms with Gasteiger partial charge in [-0.1, -0.05) is 0 Å². The van der Waals surface area contributed by atoms with Gasteiger partial charge in [0.15, 0.2) is 0 Å². The van der Waals surface area contributed by atoms with Crippen LogP contribution in [0.3, 0.4) is 0 Å². The molecule has 0 radical (unpaired) electrons. The lowest BCUT2D eigenvalue weighted by atomic mass is 9.75. The Balaban J connectivity index is 2.40. The van der Waals surface area contributed by atoms with Gasteiger partial charge in [-0.05, 0) is 208 Å². The van der Waals surface area contributed by atoms with Crippen LogP contribution >= 0.6 is 15.2 Å². The van der Waals surface area contributed by atoms with Gasteiger partial charge < -0.3 is 19.6 Å². The number of aryl methyl sites for hydroxylation is 2. The van der Waals surface area contributed by atoms with Crippen molar-refractivity contribution in [3.8, 4) is 22.3 Å². The number of hydrogen-bond acceptors (Lipinski definition) is 2. The van der Waals surface area contributed by atoms with Gasteiger partial charge in [0, 0.05) is 0 Å². The van der Waals surface area contributed by atoms with E-state index in [1.165, 1.54) is 11.1 Å². The van der Waals surface area contributed by atoms with Crippen molar-refractivity contribution in [2.75, 3.05) is 0 Å². The summed E-state index contributed by atoms with van der Waals surface area (Å²) in [4.78, 5) is 41.1. The van der Waals surface area contributed by atoms with Crippen LogP contribution in [-0.4, -0.2) is 19.6 Å². The fraction of sp³-hybridized carbons (Fsp3) is 0.389. The molecule has 4 N–H and O–H groups in total. The standard InChI is InChI=1S/C36H46O6P2/c1-15-16(2)18(4)34-32(30-23(9)27(13)36(44(40,41)42)28(14)24(30)10)20(6)19(5)31(33(34)17(15)3)29-21(7)25(11)35(43(37,38)39)26(12)22(29)8/h1-14H3,(H2,37,38,39)(H2,40,41,42). The topological polar surface area (TPSA) is 115 Å². The van der Waals surface area contributed by atoms with Crippen molar-refractivity contribution in [2.24, 2.45) is 0 Å². The highest BCUT2D eigenvalue weighted by atomic mass is 31.2. The zero-order valence-electron chi connectivity index (χ0n) is 28.5. The first-order valence-electron chi connectivity index (χ1n) is 14.9. The third-order valence-electron chi connectivity index (χ3n) is 10.8. The van der Waals surface area contributed by atoms with E-state index in [1.54, 1.807) is 27.7 Å². The molecule has 0 amide bonds. The molecule has 6 nitrogen and oxygen atoms in total. The Morgan fingerprint density at radius 3 is 0.705 bits per heavy atom. The van der Waals surface area contributed by atoms with Crippen molar-refractivity contribution < 1.29 is 28.7 Å². The third-order valence-corrected chi connectivity index (χ3v) is 13.3. The maximum atomic E-state index is 12.6. The maximum absolute atomic E-state index is 12.6. The van der Waals surface area contributed by atoms with Crippen LogP contribution in [0, 0.1) is 96.9 Å². The van der Waals surface area contributed by atoms with E-state index in [0.29, 0.717) is 22.3 Å². The van der Waals surface area contributed by atoms with Gasteiger partial charge in [0.05, 0.1) is 10.6 Å². The van der Waals surface area contributed by atoms with Gasteiger partial charge in [-0.3, -0.25) is 9.13 Å². The van der Waals surface area contributed by atoms with Crippen LogP contribution in [0.5, 0.6) is 0 Å². The molecule has 0 saturated heterocycles. The van der Waals surface area contributed by atoms with Crippen LogP contribution in [0.1, 0.15) is 77.9 Å². The number of hydrogen-bond donors (Lipinski definition) is 4. The molecule has 0 bridgehead atoms. The van der Waals surface area contributed by atoms with Crippen LogP contribution < -0.4 is 10.6 Å². The summed E-state index contributed by atoms with van der Waals surface area (Å²) in [5, 5.41) is 2.42. The highest BCUT2D eigenvalue weighted by molar-refractivity contribution is 7.60. The highest BCUT2D eigenvalue weighted by Gasteiger charge is 2.32. The Kier molecular flexibility index (Phi) is 8.62. The van der Waals surface area contributed by atoms with E-state index in [-0.39, 0.29) is 10.6 Å². The summed E-state index contributed by atoms with van der Waals surface area (Å²) in [6, 6.07) is 0. The zero-order valence-corrected chi connectivity index (χ0v) is 30.3. The second-order valence-electron chi connectivity index (χ2n) is 12.8. The SMILES string of the molecule is Cc1c(C)c(P(=O)(O)O)c(C)c(C)c1-c1c(C)c(C)c(-c2c(C)c(C)c(P(=O)(O)O)c(C)c2C)c2c(C)c(C)c(C)c(C)c12. The third kappa shape index (κ3) is 4.87. The minimum Gasteiger partial charge on any atom is -0.321 e. The lowest BCUT2D eigenvalue weighted by molar-refractivity contribution is 0.385. The van der Waals surface area contributed by atoms with E-state index in [1.807, 2.05) is 27.7 Å². The molecule has 0 heterocycles. The smallest absolute Gasteiger partial charge is 0.321 e. The van der Waals surface area contributed by atoms with Gasteiger partial charge in [0.25, 0.3) is 0 Å². The molecule has 4 aromatic rings. The van der Waals surface area contributed by atoms with Crippen molar-refractivity contribution in [3.05, 3.63) is 77.9 Å². The summed E-state index contributed by atoms with van der Waals surface area (Å²) in [6.45, 7) is 27.8. The summed E-state index contributed by atoms with van der Waals surface area (Å²) < 4.78 is 25.2. The molecular weight excluding hydrogens is 590 g/mol. The first-order valence-corrected chi connectivity index (χ1v) is 18.1. The van der Waals surface area contributed by atoms with E-state index >= 15 is 0 Å². The second-order valence-corrected chi connectivity index (χ2v) is 15.9. The lowest BCUT2D eigenvalue weighted by Gasteiger charge is -2.30. The molecule has 0 saturated carbocycles. The molecule has 0 spiro atoms. The average Bonchev–Trinajstić information content (AvgIpc) is 2.90. The first kappa shape index (κ1) is 34.3. The molecular formula is C36H46O6P2. The molecule has 0 aromatic heterocycles. The van der Waals surface area contributed by atoms with E-state index in [4.69, 9.17) is 0 Å². The molecule has 8 heteroatoms. The van der Waals surface area contributed by atoms with Gasteiger partial charge >= 0.3 is 15.2 Å². The molecule has 0 fully saturated rings. The summed E-state index contributed by atoms with van der Waals surface area (Å²) >= 11 is 0. The van der Waals surface area contributed by atoms with E-state index in [0.717, 1.165) is 77.5 Å². The molecule has 0 unspecified atom stereocenters. The summed E-state index contributed by atoms with van der Waals surface area (Å²) in [7, 11) is -9.00. The van der Waals surface area contributed by atoms with Crippen LogP contribution in [0.4, 0.5) is 0 Å². The molecule has 4 rings (SSSR count). The first-order chi connectivity index (χ1) is 20.0. The normalized spacial score (nSPS) is 12.5. The second kappa shape index (κ2) is 11.1. The molecule has 0 atom stereocenters. The largest absolute Gasteiger partial charge is 0.356 e. The van der Waals surface area contributed by atoms with E-state index in [2.05, 4.69) is 41.5 Å². The number of benzene rings is 4. The van der Waals surface area contributed by atoms with Crippen LogP contribution in [-0.2, 0) is 9.13 Å². The zero-order chi connectivity index (χ0) is 33.7. The number of rotatable bonds is 4. The molecule has 4 aromatic carbocycles. The van der Waals surface area contributed by atoms with Crippen molar-refractivity contribution in [1.29, 1.82) is 0 Å². The van der Waals surface area contributed by atoms with Crippen LogP contribution in [0.15, 0.2) is 0 Å². The molecule has 236 valence electrons. The summed E-state index contributed by atoms with van der Waals surface area (Å²) in [5.41, 5.74) is 16.8. The van der Waals surface area contributed by atoms with Crippen molar-refractivity contribution in [2.45, 2.75) is 96.9 Å². The predicted molar refractivity (Wildman–Crippen MR) is 184 cm³/mol. The quantitative estimate of drug-likeness (QED) is 0.168. The Bertz CT molecular complexity index is 1840. The van der Waals surface area contributed by atoms with Crippen molar-refractivity contribution in [1.82, 2.24) is 0 Å². The fourth-order valence-corrected chi connectivity index (χ4v) is 9.94. The van der Waals surface area contributed by atoms with Crippen molar-refractivity contribution in [3.63, 3.8) is 0 Å². The molecule has 44 heavy (non-hydrogen) atoms. The minimum absolute atomic E-state index is 0.105. The van der Waals surface area contributed by atoms with Crippen LogP contribution in [0.2, 0.25) is 0 Å². The van der Waals surface area contributed by atoms with Gasteiger partial charge in [0.1, 0.15) is 0 Å². The highest BCUT2D eigenvalue weighted by Crippen LogP contribution is 2.51. The molecule has 0 aliphatic rings. The Morgan fingerprint density at radius 2 is 0.500 bits per heavy atom. The summed E-state index contributed by atoms with van der Waals surface area (Å²) in [6.07, 6.45) is 0. The lowest BCUT2D eigenvalue weighted by Crippen LogP contribution is -2.18. The van der Waals surface area contributed by atoms with E-state index in [9.17, 15) is 28.7 Å². The van der Waals surface area contributed by atoms with Gasteiger partial charge in [-0.15, -0.1) is 0 Å². The maximum Gasteiger partial charge on any atom is 0.356 e. The Morgan fingerprint density at radius 1 is 0.295 bits per heavy atom. The van der Waals surface area contributed by atoms with Crippen LogP contribution in [0.25, 0.3) is 33.0 Å². The average molecular weight is 637 g/mol. The fourth-order valence-electron chi connectivity index (χ4n) is 7.52. The Labute approximate surface area is 261 Å². The monoisotopic (exact) mass is 636 g/mol. The number of fused-ring (bicyclic) bond motifs is 1. The van der Waals surface area contributed by atoms with Gasteiger partial charge in [0.2, 0.25) is 0 Å². The minimum atomic E-state index is -4.50.